The van der Waals surface area contributed by atoms with Crippen LogP contribution in [-0.4, -0.2) is 14.2 Å². The highest BCUT2D eigenvalue weighted by atomic mass is 16.5. The van der Waals surface area contributed by atoms with Gasteiger partial charge in [0.2, 0.25) is 0 Å². The molecule has 144 valence electrons. The fourth-order valence-corrected chi connectivity index (χ4v) is 5.13. The van der Waals surface area contributed by atoms with Crippen molar-refractivity contribution in [2.45, 2.75) is 58.3 Å². The molecule has 1 unspecified atom stereocenters. The maximum absolute atomic E-state index is 5.77. The van der Waals surface area contributed by atoms with Crippen LogP contribution in [0.3, 0.4) is 0 Å². The van der Waals surface area contributed by atoms with Crippen molar-refractivity contribution >= 4 is 0 Å². The van der Waals surface area contributed by atoms with Crippen molar-refractivity contribution < 1.29 is 9.47 Å². The molecule has 0 bridgehead atoms. The Balaban J connectivity index is 1.77. The van der Waals surface area contributed by atoms with E-state index in [9.17, 15) is 0 Å². The van der Waals surface area contributed by atoms with Gasteiger partial charge in [0.25, 0.3) is 0 Å². The zero-order chi connectivity index (χ0) is 19.4. The minimum atomic E-state index is 0.581. The summed E-state index contributed by atoms with van der Waals surface area (Å²) in [6.07, 6.45) is 17.0. The standard InChI is InChI=1S/C25H32O2/c1-6-21(26-4)14-11-17(2)10-13-19-8-7-9-20-16-22-18(3)12-15-23(27-5)25(22)24(19)20/h1,11-12,14-15,19-20,24H,7-10,13,16H2,2-5H3/b17-11-,21-14+/t19-,20-,24?/m0/s1. The molecule has 2 aliphatic rings. The molecule has 1 aromatic carbocycles. The van der Waals surface area contributed by atoms with Crippen molar-refractivity contribution in [3.63, 3.8) is 0 Å². The Hall–Kier alpha value is -2.14. The van der Waals surface area contributed by atoms with E-state index in [1.807, 2.05) is 13.2 Å². The van der Waals surface area contributed by atoms with Crippen LogP contribution >= 0.6 is 0 Å². The van der Waals surface area contributed by atoms with Gasteiger partial charge in [-0.2, -0.15) is 0 Å². The molecule has 27 heavy (non-hydrogen) atoms. The van der Waals surface area contributed by atoms with Crippen LogP contribution in [0, 0.1) is 31.1 Å². The number of benzene rings is 1. The van der Waals surface area contributed by atoms with Gasteiger partial charge in [-0.1, -0.05) is 24.1 Å². The fraction of sp³-hybridized carbons (Fsp3) is 0.520. The molecule has 1 aromatic rings. The zero-order valence-corrected chi connectivity index (χ0v) is 17.2. The highest BCUT2D eigenvalue weighted by molar-refractivity contribution is 5.51. The van der Waals surface area contributed by atoms with Gasteiger partial charge in [-0.25, -0.2) is 0 Å². The molecule has 1 fully saturated rings. The minimum absolute atomic E-state index is 0.581. The fourth-order valence-electron chi connectivity index (χ4n) is 5.13. The van der Waals surface area contributed by atoms with Crippen molar-refractivity contribution in [1.82, 2.24) is 0 Å². The number of aryl methyl sites for hydroxylation is 1. The molecule has 2 aliphatic carbocycles. The Morgan fingerprint density at radius 1 is 1.26 bits per heavy atom. The Labute approximate surface area is 164 Å². The summed E-state index contributed by atoms with van der Waals surface area (Å²) in [6.45, 7) is 4.44. The van der Waals surface area contributed by atoms with Gasteiger partial charge in [-0.3, -0.25) is 0 Å². The summed E-state index contributed by atoms with van der Waals surface area (Å²) in [7, 11) is 3.43. The monoisotopic (exact) mass is 364 g/mol. The van der Waals surface area contributed by atoms with E-state index < -0.39 is 0 Å². The summed E-state index contributed by atoms with van der Waals surface area (Å²) < 4.78 is 10.9. The molecule has 0 N–H and O–H groups in total. The molecule has 2 nitrogen and oxygen atoms in total. The first kappa shape index (κ1) is 19.6. The number of ether oxygens (including phenoxy) is 2. The van der Waals surface area contributed by atoms with E-state index in [1.165, 1.54) is 48.8 Å². The number of rotatable bonds is 6. The number of methoxy groups -OCH3 is 2. The first-order chi connectivity index (χ1) is 13.1. The predicted octanol–water partition coefficient (Wildman–Crippen LogP) is 5.95. The molecule has 0 aliphatic heterocycles. The van der Waals surface area contributed by atoms with Gasteiger partial charge < -0.3 is 9.47 Å². The number of allylic oxidation sites excluding steroid dienone is 4. The zero-order valence-electron chi connectivity index (χ0n) is 17.2. The second kappa shape index (κ2) is 8.70. The summed E-state index contributed by atoms with van der Waals surface area (Å²) in [5, 5.41) is 0. The lowest BCUT2D eigenvalue weighted by Gasteiger charge is -2.35. The van der Waals surface area contributed by atoms with Crippen LogP contribution in [0.1, 0.15) is 61.6 Å². The maximum Gasteiger partial charge on any atom is 0.169 e. The van der Waals surface area contributed by atoms with Crippen molar-refractivity contribution in [2.75, 3.05) is 14.2 Å². The van der Waals surface area contributed by atoms with E-state index in [1.54, 1.807) is 12.7 Å². The Morgan fingerprint density at radius 2 is 2.07 bits per heavy atom. The van der Waals surface area contributed by atoms with E-state index in [2.05, 4.69) is 38.0 Å². The van der Waals surface area contributed by atoms with E-state index in [4.69, 9.17) is 15.9 Å². The van der Waals surface area contributed by atoms with Gasteiger partial charge in [-0.05, 0) is 92.9 Å². The number of terminal acetylenes is 1. The van der Waals surface area contributed by atoms with Gasteiger partial charge in [-0.15, -0.1) is 6.42 Å². The second-order valence-corrected chi connectivity index (χ2v) is 8.09. The predicted molar refractivity (Wildman–Crippen MR) is 112 cm³/mol. The van der Waals surface area contributed by atoms with E-state index in [0.29, 0.717) is 11.7 Å². The largest absolute Gasteiger partial charge is 0.496 e. The normalized spacial score (nSPS) is 24.8. The Bertz CT molecular complexity index is 778. The molecule has 0 aromatic heterocycles. The van der Waals surface area contributed by atoms with E-state index in [-0.39, 0.29) is 0 Å². The van der Waals surface area contributed by atoms with Crippen LogP contribution in [0.5, 0.6) is 5.75 Å². The average Bonchev–Trinajstić information content (AvgIpc) is 3.09. The smallest absolute Gasteiger partial charge is 0.169 e. The first-order valence-electron chi connectivity index (χ1n) is 10.1. The van der Waals surface area contributed by atoms with Crippen LogP contribution in [-0.2, 0) is 11.2 Å². The molecular formula is C25H32O2. The van der Waals surface area contributed by atoms with Crippen LogP contribution in [0.15, 0.2) is 35.6 Å². The van der Waals surface area contributed by atoms with Crippen molar-refractivity contribution in [3.8, 4) is 18.1 Å². The summed E-state index contributed by atoms with van der Waals surface area (Å²) >= 11 is 0. The molecule has 0 saturated heterocycles. The molecule has 0 spiro atoms. The highest BCUT2D eigenvalue weighted by Crippen LogP contribution is 2.54. The number of fused-ring (bicyclic) bond motifs is 3. The second-order valence-electron chi connectivity index (χ2n) is 8.09. The third kappa shape index (κ3) is 4.08. The third-order valence-electron chi connectivity index (χ3n) is 6.53. The topological polar surface area (TPSA) is 18.5 Å². The highest BCUT2D eigenvalue weighted by Gasteiger charge is 2.42. The summed E-state index contributed by atoms with van der Waals surface area (Å²) in [5.74, 6) is 6.42. The molecule has 2 heteroatoms. The molecule has 0 heterocycles. The lowest BCUT2D eigenvalue weighted by Crippen LogP contribution is -2.23. The quantitative estimate of drug-likeness (QED) is 0.353. The molecule has 0 radical (unpaired) electrons. The van der Waals surface area contributed by atoms with Crippen LogP contribution in [0.2, 0.25) is 0 Å². The third-order valence-corrected chi connectivity index (χ3v) is 6.53. The van der Waals surface area contributed by atoms with Gasteiger partial charge in [0, 0.05) is 5.56 Å². The Morgan fingerprint density at radius 3 is 2.78 bits per heavy atom. The summed E-state index contributed by atoms with van der Waals surface area (Å²) in [4.78, 5) is 0. The van der Waals surface area contributed by atoms with Gasteiger partial charge in [0.05, 0.1) is 14.2 Å². The van der Waals surface area contributed by atoms with E-state index >= 15 is 0 Å². The van der Waals surface area contributed by atoms with Gasteiger partial charge in [0.15, 0.2) is 5.76 Å². The molecule has 0 amide bonds. The SMILES string of the molecule is C#C/C(=C\C=C(\C)CC[C@@H]1CCC[C@H]2Cc3c(C)ccc(OC)c3C12)OC. The summed E-state index contributed by atoms with van der Waals surface area (Å²) in [5.41, 5.74) is 5.87. The molecule has 3 rings (SSSR count). The van der Waals surface area contributed by atoms with E-state index in [0.717, 1.165) is 24.0 Å². The van der Waals surface area contributed by atoms with Crippen molar-refractivity contribution in [1.29, 1.82) is 0 Å². The number of hydrogen-bond acceptors (Lipinski definition) is 2. The lowest BCUT2D eigenvalue weighted by molar-refractivity contribution is 0.220. The Kier molecular flexibility index (Phi) is 6.32. The lowest BCUT2D eigenvalue weighted by atomic mass is 9.70. The van der Waals surface area contributed by atoms with Gasteiger partial charge in [0.1, 0.15) is 5.75 Å². The van der Waals surface area contributed by atoms with Crippen LogP contribution in [0.25, 0.3) is 0 Å². The maximum atomic E-state index is 5.77. The van der Waals surface area contributed by atoms with Gasteiger partial charge >= 0.3 is 0 Å². The summed E-state index contributed by atoms with van der Waals surface area (Å²) in [6, 6.07) is 4.40. The average molecular weight is 365 g/mol. The number of hydrogen-bond donors (Lipinski definition) is 0. The van der Waals surface area contributed by atoms with Crippen molar-refractivity contribution in [3.05, 3.63) is 52.3 Å². The van der Waals surface area contributed by atoms with Crippen LogP contribution < -0.4 is 4.74 Å². The first-order valence-corrected chi connectivity index (χ1v) is 10.1. The van der Waals surface area contributed by atoms with Crippen LogP contribution in [0.4, 0.5) is 0 Å². The van der Waals surface area contributed by atoms with Crippen molar-refractivity contribution in [2.24, 2.45) is 11.8 Å². The minimum Gasteiger partial charge on any atom is -0.496 e. The molecule has 3 atom stereocenters. The molecular weight excluding hydrogens is 332 g/mol. The molecule has 1 saturated carbocycles.